The molecule has 0 unspecified atom stereocenters. The molecule has 0 saturated carbocycles. The number of carbonyl (C=O) groups is 1. The van der Waals surface area contributed by atoms with Gasteiger partial charge in [0.25, 0.3) is 15.9 Å². The number of benzene rings is 3. The maximum Gasteiger partial charge on any atom is 0.264 e. The van der Waals surface area contributed by atoms with Gasteiger partial charge in [-0.2, -0.15) is 0 Å². The summed E-state index contributed by atoms with van der Waals surface area (Å²) in [7, 11) is -2.08. The van der Waals surface area contributed by atoms with Gasteiger partial charge < -0.3 is 4.90 Å². The summed E-state index contributed by atoms with van der Waals surface area (Å²) < 4.78 is 27.7. The number of hydrogen-bond acceptors (Lipinski definition) is 3. The van der Waals surface area contributed by atoms with Gasteiger partial charge in [0, 0.05) is 25.7 Å². The standard InChI is InChI=1S/C23H24N2O3S/c1-3-25(21-14-8-5-9-15-21)29(27,28)22-16-10-13-20(17-22)23(26)24(2)18-19-11-6-4-7-12-19/h4-17H,3,18H2,1-2H3. The van der Waals surface area contributed by atoms with E-state index in [1.54, 1.807) is 55.3 Å². The molecule has 0 heterocycles. The number of amides is 1. The fourth-order valence-corrected chi connectivity index (χ4v) is 4.67. The summed E-state index contributed by atoms with van der Waals surface area (Å²) in [6.45, 7) is 2.52. The van der Waals surface area contributed by atoms with Crippen LogP contribution in [0.5, 0.6) is 0 Å². The molecule has 3 aromatic carbocycles. The van der Waals surface area contributed by atoms with E-state index in [1.807, 2.05) is 36.4 Å². The molecule has 0 aromatic heterocycles. The van der Waals surface area contributed by atoms with Crippen LogP contribution in [0.4, 0.5) is 5.69 Å². The summed E-state index contributed by atoms with van der Waals surface area (Å²) in [5, 5.41) is 0. The summed E-state index contributed by atoms with van der Waals surface area (Å²) in [5.41, 5.74) is 1.94. The average Bonchev–Trinajstić information content (AvgIpc) is 2.75. The molecule has 0 N–H and O–H groups in total. The molecule has 0 aliphatic carbocycles. The molecule has 0 saturated heterocycles. The third-order valence-electron chi connectivity index (χ3n) is 4.61. The molecule has 0 fully saturated rings. The Kier molecular flexibility index (Phi) is 6.34. The second-order valence-electron chi connectivity index (χ2n) is 6.68. The molecule has 150 valence electrons. The first-order valence-electron chi connectivity index (χ1n) is 9.40. The minimum atomic E-state index is -3.78. The maximum absolute atomic E-state index is 13.2. The Morgan fingerprint density at radius 2 is 1.48 bits per heavy atom. The molecule has 3 aromatic rings. The van der Waals surface area contributed by atoms with Crippen molar-refractivity contribution in [1.29, 1.82) is 0 Å². The Morgan fingerprint density at radius 1 is 0.862 bits per heavy atom. The van der Waals surface area contributed by atoms with Gasteiger partial charge in [0.15, 0.2) is 0 Å². The van der Waals surface area contributed by atoms with E-state index >= 15 is 0 Å². The first-order chi connectivity index (χ1) is 13.9. The van der Waals surface area contributed by atoms with Crippen LogP contribution < -0.4 is 4.31 Å². The lowest BCUT2D eigenvalue weighted by atomic mass is 10.1. The zero-order chi connectivity index (χ0) is 20.9. The molecule has 0 bridgehead atoms. The lowest BCUT2D eigenvalue weighted by Crippen LogP contribution is -2.31. The second-order valence-corrected chi connectivity index (χ2v) is 8.54. The van der Waals surface area contributed by atoms with Gasteiger partial charge in [0.1, 0.15) is 0 Å². The van der Waals surface area contributed by atoms with Crippen molar-refractivity contribution in [3.05, 3.63) is 96.1 Å². The SMILES string of the molecule is CCN(c1ccccc1)S(=O)(=O)c1cccc(C(=O)N(C)Cc2ccccc2)c1. The minimum absolute atomic E-state index is 0.0992. The van der Waals surface area contributed by atoms with Gasteiger partial charge in [-0.15, -0.1) is 0 Å². The Bertz CT molecular complexity index is 1070. The molecular weight excluding hydrogens is 384 g/mol. The van der Waals surface area contributed by atoms with Crippen LogP contribution in [-0.2, 0) is 16.6 Å². The largest absolute Gasteiger partial charge is 0.337 e. The number of para-hydroxylation sites is 1. The highest BCUT2D eigenvalue weighted by Crippen LogP contribution is 2.24. The molecule has 29 heavy (non-hydrogen) atoms. The predicted octanol–water partition coefficient (Wildman–Crippen LogP) is 4.17. The van der Waals surface area contributed by atoms with Crippen LogP contribution >= 0.6 is 0 Å². The summed E-state index contributed by atoms with van der Waals surface area (Å²) in [5.74, 6) is -0.228. The van der Waals surface area contributed by atoms with Crippen molar-refractivity contribution >= 4 is 21.6 Å². The number of carbonyl (C=O) groups excluding carboxylic acids is 1. The van der Waals surface area contributed by atoms with Gasteiger partial charge in [0.05, 0.1) is 10.6 Å². The molecule has 0 atom stereocenters. The van der Waals surface area contributed by atoms with Crippen molar-refractivity contribution in [3.8, 4) is 0 Å². The highest BCUT2D eigenvalue weighted by Gasteiger charge is 2.25. The van der Waals surface area contributed by atoms with Crippen molar-refractivity contribution in [2.24, 2.45) is 0 Å². The predicted molar refractivity (Wildman–Crippen MR) is 115 cm³/mol. The van der Waals surface area contributed by atoms with Gasteiger partial charge in [-0.25, -0.2) is 8.42 Å². The minimum Gasteiger partial charge on any atom is -0.337 e. The summed E-state index contributed by atoms with van der Waals surface area (Å²) in [6, 6.07) is 24.8. The number of anilines is 1. The topological polar surface area (TPSA) is 57.7 Å². The van der Waals surface area contributed by atoms with Gasteiger partial charge in [-0.05, 0) is 42.8 Å². The van der Waals surface area contributed by atoms with Crippen molar-refractivity contribution in [2.45, 2.75) is 18.4 Å². The summed E-state index contributed by atoms with van der Waals surface area (Å²) >= 11 is 0. The van der Waals surface area contributed by atoms with Crippen molar-refractivity contribution < 1.29 is 13.2 Å². The first kappa shape index (κ1) is 20.6. The van der Waals surface area contributed by atoms with Crippen LogP contribution in [-0.4, -0.2) is 32.8 Å². The lowest BCUT2D eigenvalue weighted by molar-refractivity contribution is 0.0785. The molecule has 0 spiro atoms. The maximum atomic E-state index is 13.2. The van der Waals surface area contributed by atoms with E-state index in [9.17, 15) is 13.2 Å². The van der Waals surface area contributed by atoms with Crippen LogP contribution in [0.3, 0.4) is 0 Å². The van der Waals surface area contributed by atoms with Crippen LogP contribution in [0, 0.1) is 0 Å². The van der Waals surface area contributed by atoms with Gasteiger partial charge in [-0.3, -0.25) is 9.10 Å². The second kappa shape index (κ2) is 8.92. The van der Waals surface area contributed by atoms with E-state index in [4.69, 9.17) is 0 Å². The molecule has 5 nitrogen and oxygen atoms in total. The van der Waals surface area contributed by atoms with Crippen LogP contribution in [0.1, 0.15) is 22.8 Å². The fourth-order valence-electron chi connectivity index (χ4n) is 3.15. The number of hydrogen-bond donors (Lipinski definition) is 0. The number of rotatable bonds is 7. The Labute approximate surface area is 172 Å². The van der Waals surface area contributed by atoms with E-state index in [-0.39, 0.29) is 10.8 Å². The monoisotopic (exact) mass is 408 g/mol. The summed E-state index contributed by atoms with van der Waals surface area (Å²) in [4.78, 5) is 14.5. The van der Waals surface area contributed by atoms with Crippen molar-refractivity contribution in [3.63, 3.8) is 0 Å². The van der Waals surface area contributed by atoms with Gasteiger partial charge in [-0.1, -0.05) is 54.6 Å². The highest BCUT2D eigenvalue weighted by molar-refractivity contribution is 7.92. The molecule has 6 heteroatoms. The van der Waals surface area contributed by atoms with E-state index < -0.39 is 10.0 Å². The molecule has 1 amide bonds. The molecule has 3 rings (SSSR count). The van der Waals surface area contributed by atoms with E-state index in [0.717, 1.165) is 5.56 Å². The molecule has 0 radical (unpaired) electrons. The number of sulfonamides is 1. The van der Waals surface area contributed by atoms with Gasteiger partial charge in [0.2, 0.25) is 0 Å². The quantitative estimate of drug-likeness (QED) is 0.589. The highest BCUT2D eigenvalue weighted by atomic mass is 32.2. The third kappa shape index (κ3) is 4.66. The van der Waals surface area contributed by atoms with Crippen LogP contribution in [0.25, 0.3) is 0 Å². The average molecular weight is 409 g/mol. The van der Waals surface area contributed by atoms with Crippen LogP contribution in [0.15, 0.2) is 89.8 Å². The fraction of sp³-hybridized carbons (Fsp3) is 0.174. The lowest BCUT2D eigenvalue weighted by Gasteiger charge is -2.23. The van der Waals surface area contributed by atoms with Gasteiger partial charge >= 0.3 is 0 Å². The first-order valence-corrected chi connectivity index (χ1v) is 10.8. The van der Waals surface area contributed by atoms with Crippen LogP contribution in [0.2, 0.25) is 0 Å². The molecule has 0 aliphatic rings. The zero-order valence-electron chi connectivity index (χ0n) is 16.5. The smallest absolute Gasteiger partial charge is 0.264 e. The van der Waals surface area contributed by atoms with E-state index in [0.29, 0.717) is 24.3 Å². The molecular formula is C23H24N2O3S. The van der Waals surface area contributed by atoms with Crippen molar-refractivity contribution in [2.75, 3.05) is 17.9 Å². The Balaban J connectivity index is 1.87. The summed E-state index contributed by atoms with van der Waals surface area (Å²) in [6.07, 6.45) is 0. The Morgan fingerprint density at radius 3 is 2.10 bits per heavy atom. The normalized spacial score (nSPS) is 11.1. The third-order valence-corrected chi connectivity index (χ3v) is 6.51. The van der Waals surface area contributed by atoms with E-state index in [1.165, 1.54) is 16.4 Å². The van der Waals surface area contributed by atoms with E-state index in [2.05, 4.69) is 0 Å². The Hall–Kier alpha value is -3.12. The number of nitrogens with zero attached hydrogens (tertiary/aromatic N) is 2. The van der Waals surface area contributed by atoms with Crippen molar-refractivity contribution in [1.82, 2.24) is 4.90 Å². The zero-order valence-corrected chi connectivity index (χ0v) is 17.3. The molecule has 0 aliphatic heterocycles.